The van der Waals surface area contributed by atoms with Gasteiger partial charge in [-0.1, -0.05) is 30.7 Å². The van der Waals surface area contributed by atoms with Crippen molar-refractivity contribution in [3.63, 3.8) is 0 Å². The Morgan fingerprint density at radius 3 is 2.94 bits per heavy atom. The second-order valence-corrected chi connectivity index (χ2v) is 4.71. The van der Waals surface area contributed by atoms with E-state index >= 15 is 0 Å². The molecule has 1 aliphatic rings. The predicted octanol–water partition coefficient (Wildman–Crippen LogP) is 3.36. The molecule has 0 saturated carbocycles. The van der Waals surface area contributed by atoms with Crippen LogP contribution >= 0.6 is 0 Å². The number of hydrogen-bond donors (Lipinski definition) is 1. The van der Waals surface area contributed by atoms with Crippen molar-refractivity contribution < 1.29 is 0 Å². The van der Waals surface area contributed by atoms with Crippen LogP contribution in [0.3, 0.4) is 0 Å². The molecule has 1 saturated heterocycles. The van der Waals surface area contributed by atoms with Gasteiger partial charge in [0.1, 0.15) is 0 Å². The molecule has 1 aromatic carbocycles. The van der Waals surface area contributed by atoms with Gasteiger partial charge in [0.25, 0.3) is 0 Å². The number of aromatic nitrogens is 1. The Balaban J connectivity index is 1.99. The number of piperidine rings is 1. The Hall–Kier alpha value is -1.67. The van der Waals surface area contributed by atoms with E-state index in [9.17, 15) is 0 Å². The molecule has 0 bridgehead atoms. The van der Waals surface area contributed by atoms with Crippen molar-refractivity contribution in [3.05, 3.63) is 54.2 Å². The topological polar surface area (TPSA) is 24.9 Å². The molecule has 0 amide bonds. The Bertz CT molecular complexity index is 502. The molecule has 3 rings (SSSR count). The zero-order valence-electron chi connectivity index (χ0n) is 10.4. The molecule has 2 heteroatoms. The average Bonchev–Trinajstić information content (AvgIpc) is 2.49. The summed E-state index contributed by atoms with van der Waals surface area (Å²) < 4.78 is 0. The summed E-state index contributed by atoms with van der Waals surface area (Å²) in [4.78, 5) is 4.46. The molecule has 0 aliphatic carbocycles. The van der Waals surface area contributed by atoms with E-state index in [0.29, 0.717) is 6.04 Å². The maximum Gasteiger partial charge on any atom is 0.0705 e. The highest BCUT2D eigenvalue weighted by Gasteiger charge is 2.18. The Morgan fingerprint density at radius 1 is 1.17 bits per heavy atom. The van der Waals surface area contributed by atoms with Crippen LogP contribution in [0.4, 0.5) is 0 Å². The highest BCUT2D eigenvalue weighted by molar-refractivity contribution is 5.63. The SMILES string of the molecule is [c]1cccc(-c2ccccn2)c1C1CCCCN1. The molecule has 1 aliphatic heterocycles. The van der Waals surface area contributed by atoms with Gasteiger partial charge in [-0.2, -0.15) is 0 Å². The largest absolute Gasteiger partial charge is 0.310 e. The fourth-order valence-electron chi connectivity index (χ4n) is 2.58. The molecule has 91 valence electrons. The van der Waals surface area contributed by atoms with Crippen molar-refractivity contribution in [2.24, 2.45) is 0 Å². The van der Waals surface area contributed by atoms with Crippen LogP contribution < -0.4 is 5.32 Å². The molecular weight excluding hydrogens is 220 g/mol. The Morgan fingerprint density at radius 2 is 2.17 bits per heavy atom. The van der Waals surface area contributed by atoms with Crippen LogP contribution in [0.2, 0.25) is 0 Å². The summed E-state index contributed by atoms with van der Waals surface area (Å²) in [6, 6.07) is 16.1. The van der Waals surface area contributed by atoms with Crippen LogP contribution in [0, 0.1) is 6.07 Å². The maximum absolute atomic E-state index is 4.46. The van der Waals surface area contributed by atoms with Gasteiger partial charge >= 0.3 is 0 Å². The molecule has 0 spiro atoms. The molecule has 2 aromatic rings. The van der Waals surface area contributed by atoms with Crippen LogP contribution in [0.15, 0.2) is 42.6 Å². The fraction of sp³-hybridized carbons (Fsp3) is 0.312. The molecule has 1 unspecified atom stereocenters. The van der Waals surface area contributed by atoms with Gasteiger partial charge in [-0.25, -0.2) is 0 Å². The Labute approximate surface area is 108 Å². The summed E-state index contributed by atoms with van der Waals surface area (Å²) in [5.74, 6) is 0. The van der Waals surface area contributed by atoms with Crippen molar-refractivity contribution >= 4 is 0 Å². The van der Waals surface area contributed by atoms with Crippen molar-refractivity contribution in [2.45, 2.75) is 25.3 Å². The predicted molar refractivity (Wildman–Crippen MR) is 73.1 cm³/mol. The van der Waals surface area contributed by atoms with Crippen LogP contribution in [0.25, 0.3) is 11.3 Å². The Kier molecular flexibility index (Phi) is 3.37. The van der Waals surface area contributed by atoms with Crippen molar-refractivity contribution in [2.75, 3.05) is 6.54 Å². The van der Waals surface area contributed by atoms with Crippen molar-refractivity contribution in [1.29, 1.82) is 0 Å². The molecule has 2 nitrogen and oxygen atoms in total. The first-order valence-electron chi connectivity index (χ1n) is 6.60. The van der Waals surface area contributed by atoms with Gasteiger partial charge in [0.15, 0.2) is 0 Å². The third kappa shape index (κ3) is 2.29. The number of rotatable bonds is 2. The highest BCUT2D eigenvalue weighted by atomic mass is 14.9. The first-order valence-corrected chi connectivity index (χ1v) is 6.60. The van der Waals surface area contributed by atoms with Gasteiger partial charge in [0, 0.05) is 17.8 Å². The fourth-order valence-corrected chi connectivity index (χ4v) is 2.58. The van der Waals surface area contributed by atoms with E-state index in [2.05, 4.69) is 28.5 Å². The van der Waals surface area contributed by atoms with Crippen LogP contribution in [-0.2, 0) is 0 Å². The number of hydrogen-bond acceptors (Lipinski definition) is 2. The first kappa shape index (κ1) is 11.4. The van der Waals surface area contributed by atoms with E-state index in [1.54, 1.807) is 0 Å². The zero-order valence-corrected chi connectivity index (χ0v) is 10.4. The maximum atomic E-state index is 4.46. The summed E-state index contributed by atoms with van der Waals surface area (Å²) in [7, 11) is 0. The third-order valence-electron chi connectivity index (χ3n) is 3.49. The summed E-state index contributed by atoms with van der Waals surface area (Å²) in [6.07, 6.45) is 5.62. The van der Waals surface area contributed by atoms with Gasteiger partial charge < -0.3 is 5.32 Å². The van der Waals surface area contributed by atoms with Gasteiger partial charge in [0.2, 0.25) is 0 Å². The van der Waals surface area contributed by atoms with Crippen LogP contribution in [0.5, 0.6) is 0 Å². The number of pyridine rings is 1. The minimum atomic E-state index is 0.428. The van der Waals surface area contributed by atoms with E-state index in [4.69, 9.17) is 0 Å². The molecule has 1 atom stereocenters. The van der Waals surface area contributed by atoms with Gasteiger partial charge in [-0.05, 0) is 43.1 Å². The van der Waals surface area contributed by atoms with E-state index in [1.807, 2.05) is 30.5 Å². The lowest BCUT2D eigenvalue weighted by Crippen LogP contribution is -2.27. The smallest absolute Gasteiger partial charge is 0.0705 e. The summed E-state index contributed by atoms with van der Waals surface area (Å²) in [6.45, 7) is 1.11. The quantitative estimate of drug-likeness (QED) is 0.866. The second-order valence-electron chi connectivity index (χ2n) is 4.71. The summed E-state index contributed by atoms with van der Waals surface area (Å²) >= 11 is 0. The molecule has 18 heavy (non-hydrogen) atoms. The van der Waals surface area contributed by atoms with E-state index in [-0.39, 0.29) is 0 Å². The van der Waals surface area contributed by atoms with Crippen LogP contribution in [-0.4, -0.2) is 11.5 Å². The minimum absolute atomic E-state index is 0.428. The summed E-state index contributed by atoms with van der Waals surface area (Å²) in [5, 5.41) is 3.59. The van der Waals surface area contributed by atoms with E-state index in [0.717, 1.165) is 12.2 Å². The zero-order chi connectivity index (χ0) is 12.2. The van der Waals surface area contributed by atoms with Gasteiger partial charge in [0.05, 0.1) is 5.69 Å². The van der Waals surface area contributed by atoms with Gasteiger partial charge in [-0.3, -0.25) is 4.98 Å². The lowest BCUT2D eigenvalue weighted by Gasteiger charge is -2.25. The molecular formula is C16H17N2. The second kappa shape index (κ2) is 5.32. The molecule has 1 fully saturated rings. The molecule has 2 heterocycles. The van der Waals surface area contributed by atoms with E-state index < -0.39 is 0 Å². The first-order chi connectivity index (χ1) is 8.95. The number of nitrogens with zero attached hydrogens (tertiary/aromatic N) is 1. The number of benzene rings is 1. The number of nitrogens with one attached hydrogen (secondary N) is 1. The monoisotopic (exact) mass is 237 g/mol. The lowest BCUT2D eigenvalue weighted by molar-refractivity contribution is 0.412. The molecule has 1 radical (unpaired) electrons. The normalized spacial score (nSPS) is 19.7. The van der Waals surface area contributed by atoms with Crippen molar-refractivity contribution in [1.82, 2.24) is 10.3 Å². The highest BCUT2D eigenvalue weighted by Crippen LogP contribution is 2.30. The minimum Gasteiger partial charge on any atom is -0.310 e. The van der Waals surface area contributed by atoms with Crippen molar-refractivity contribution in [3.8, 4) is 11.3 Å². The summed E-state index contributed by atoms with van der Waals surface area (Å²) in [5.41, 5.74) is 3.50. The third-order valence-corrected chi connectivity index (χ3v) is 3.49. The van der Waals surface area contributed by atoms with E-state index in [1.165, 1.54) is 30.4 Å². The average molecular weight is 237 g/mol. The molecule has 1 N–H and O–H groups in total. The van der Waals surface area contributed by atoms with Crippen LogP contribution in [0.1, 0.15) is 30.9 Å². The standard InChI is InChI=1S/C16H17N2/c1-2-8-14(16-10-4-6-12-18-16)13(7-1)15-9-3-5-11-17-15/h1-3,5,7,9,11,16,18H,4,6,10,12H2. The lowest BCUT2D eigenvalue weighted by atomic mass is 9.92. The molecule has 1 aromatic heterocycles. The van der Waals surface area contributed by atoms with Gasteiger partial charge in [-0.15, -0.1) is 0 Å².